The van der Waals surface area contributed by atoms with Gasteiger partial charge in [-0.3, -0.25) is 9.78 Å². The Kier molecular flexibility index (Phi) is 7.54. The van der Waals surface area contributed by atoms with Gasteiger partial charge in [0.2, 0.25) is 5.91 Å². The highest BCUT2D eigenvalue weighted by molar-refractivity contribution is 9.10. The average molecular weight is 523 g/mol. The van der Waals surface area contributed by atoms with Gasteiger partial charge in [0.05, 0.1) is 22.1 Å². The third-order valence-electron chi connectivity index (χ3n) is 5.76. The molecule has 1 atom stereocenters. The summed E-state index contributed by atoms with van der Waals surface area (Å²) in [6, 6.07) is 14.1. The number of nitrogen functional groups attached to an aromatic ring is 1. The van der Waals surface area contributed by atoms with Gasteiger partial charge < -0.3 is 15.8 Å². The number of nitrogens with zero attached hydrogens (tertiary/aromatic N) is 4. The molecule has 8 nitrogen and oxygen atoms in total. The highest BCUT2D eigenvalue weighted by Gasteiger charge is 2.21. The summed E-state index contributed by atoms with van der Waals surface area (Å²) in [5, 5.41) is 7.34. The van der Waals surface area contributed by atoms with Crippen LogP contribution >= 0.6 is 15.9 Å². The first-order valence-corrected chi connectivity index (χ1v) is 11.9. The van der Waals surface area contributed by atoms with Crippen molar-refractivity contribution in [3.8, 4) is 22.4 Å². The van der Waals surface area contributed by atoms with E-state index >= 15 is 0 Å². The Morgan fingerprint density at radius 1 is 1.18 bits per heavy atom. The molecule has 0 radical (unpaired) electrons. The molecule has 0 aliphatic carbocycles. The molecule has 0 spiro atoms. The highest BCUT2D eigenvalue weighted by Crippen LogP contribution is 2.35. The van der Waals surface area contributed by atoms with Gasteiger partial charge in [-0.2, -0.15) is 9.61 Å². The van der Waals surface area contributed by atoms with E-state index in [1.54, 1.807) is 10.7 Å². The Hall–Kier alpha value is -3.30. The van der Waals surface area contributed by atoms with Gasteiger partial charge in [0, 0.05) is 42.5 Å². The van der Waals surface area contributed by atoms with E-state index in [4.69, 9.17) is 15.5 Å². The maximum atomic E-state index is 11.7. The fourth-order valence-corrected chi connectivity index (χ4v) is 4.50. The molecule has 0 aliphatic rings. The maximum absolute atomic E-state index is 11.7. The molecule has 0 saturated heterocycles. The van der Waals surface area contributed by atoms with Crippen molar-refractivity contribution in [3.05, 3.63) is 65.0 Å². The van der Waals surface area contributed by atoms with Crippen LogP contribution in [-0.2, 0) is 9.53 Å². The van der Waals surface area contributed by atoms with Gasteiger partial charge in [-0.25, -0.2) is 4.98 Å². The van der Waals surface area contributed by atoms with Gasteiger partial charge in [0.1, 0.15) is 12.4 Å². The van der Waals surface area contributed by atoms with Crippen molar-refractivity contribution in [1.82, 2.24) is 24.9 Å². The van der Waals surface area contributed by atoms with Crippen molar-refractivity contribution in [2.45, 2.75) is 25.7 Å². The predicted molar refractivity (Wildman–Crippen MR) is 136 cm³/mol. The molecule has 176 valence electrons. The summed E-state index contributed by atoms with van der Waals surface area (Å²) >= 11 is 3.62. The SMILES string of the molecule is CCC(CCNC(=O)COC)c1nc2c(-c3ccc(-c4ccccc4)nc3)cnn2c(N)c1Br. The molecule has 3 heterocycles. The fraction of sp³-hybridized carbons (Fsp3) is 0.280. The molecule has 3 aromatic heterocycles. The molecule has 0 bridgehead atoms. The summed E-state index contributed by atoms with van der Waals surface area (Å²) in [6.45, 7) is 2.67. The normalized spacial score (nSPS) is 12.1. The zero-order chi connectivity index (χ0) is 24.1. The molecule has 4 aromatic rings. The molecule has 1 aromatic carbocycles. The van der Waals surface area contributed by atoms with E-state index in [0.29, 0.717) is 18.0 Å². The second-order valence-electron chi connectivity index (χ2n) is 7.96. The lowest BCUT2D eigenvalue weighted by molar-refractivity contribution is -0.124. The van der Waals surface area contributed by atoms with Crippen LogP contribution in [0.2, 0.25) is 0 Å². The van der Waals surface area contributed by atoms with Crippen LogP contribution in [0.4, 0.5) is 5.82 Å². The van der Waals surface area contributed by atoms with Crippen molar-refractivity contribution < 1.29 is 9.53 Å². The van der Waals surface area contributed by atoms with Crippen molar-refractivity contribution in [1.29, 1.82) is 0 Å². The summed E-state index contributed by atoms with van der Waals surface area (Å²) in [7, 11) is 1.50. The first kappa shape index (κ1) is 23.8. The number of carbonyl (C=O) groups is 1. The van der Waals surface area contributed by atoms with Gasteiger partial charge in [0.25, 0.3) is 0 Å². The summed E-state index contributed by atoms with van der Waals surface area (Å²) in [6.07, 6.45) is 5.17. The Morgan fingerprint density at radius 3 is 2.65 bits per heavy atom. The largest absolute Gasteiger partial charge is 0.383 e. The first-order chi connectivity index (χ1) is 16.5. The lowest BCUT2D eigenvalue weighted by Gasteiger charge is -2.18. The number of ether oxygens (including phenoxy) is 1. The molecule has 1 amide bonds. The molecule has 9 heteroatoms. The molecular formula is C25H27BrN6O2. The second kappa shape index (κ2) is 10.8. The zero-order valence-electron chi connectivity index (χ0n) is 19.2. The Labute approximate surface area is 206 Å². The number of fused-ring (bicyclic) bond motifs is 1. The lowest BCUT2D eigenvalue weighted by Crippen LogP contribution is -2.29. The van der Waals surface area contributed by atoms with Gasteiger partial charge >= 0.3 is 0 Å². The van der Waals surface area contributed by atoms with Gasteiger partial charge in [-0.1, -0.05) is 43.3 Å². The molecule has 34 heavy (non-hydrogen) atoms. The van der Waals surface area contributed by atoms with Crippen LogP contribution in [-0.4, -0.2) is 45.8 Å². The Balaban J connectivity index is 1.64. The highest BCUT2D eigenvalue weighted by atomic mass is 79.9. The smallest absolute Gasteiger partial charge is 0.245 e. The number of carbonyl (C=O) groups excluding carboxylic acids is 1. The van der Waals surface area contributed by atoms with Crippen LogP contribution in [0.5, 0.6) is 0 Å². The first-order valence-electron chi connectivity index (χ1n) is 11.1. The average Bonchev–Trinajstić information content (AvgIpc) is 3.29. The van der Waals surface area contributed by atoms with Crippen LogP contribution in [0.1, 0.15) is 31.4 Å². The lowest BCUT2D eigenvalue weighted by atomic mass is 9.97. The summed E-state index contributed by atoms with van der Waals surface area (Å²) in [5.41, 5.74) is 11.7. The van der Waals surface area contributed by atoms with Crippen LogP contribution in [0, 0.1) is 0 Å². The third-order valence-corrected chi connectivity index (χ3v) is 6.57. The summed E-state index contributed by atoms with van der Waals surface area (Å²) in [5.74, 6) is 0.455. The number of amides is 1. The Morgan fingerprint density at radius 2 is 1.97 bits per heavy atom. The van der Waals surface area contributed by atoms with Crippen molar-refractivity contribution in [2.24, 2.45) is 0 Å². The number of anilines is 1. The number of halogens is 1. The molecule has 0 aliphatic heterocycles. The fourth-order valence-electron chi connectivity index (χ4n) is 3.92. The zero-order valence-corrected chi connectivity index (χ0v) is 20.7. The minimum Gasteiger partial charge on any atom is -0.383 e. The topological polar surface area (TPSA) is 107 Å². The van der Waals surface area contributed by atoms with E-state index in [-0.39, 0.29) is 18.4 Å². The van der Waals surface area contributed by atoms with E-state index in [0.717, 1.165) is 45.4 Å². The van der Waals surface area contributed by atoms with Crippen LogP contribution in [0.3, 0.4) is 0 Å². The number of nitrogens with two attached hydrogens (primary N) is 1. The molecule has 0 fully saturated rings. The van der Waals surface area contributed by atoms with E-state index in [9.17, 15) is 4.79 Å². The number of hydrogen-bond donors (Lipinski definition) is 2. The van der Waals surface area contributed by atoms with Gasteiger partial charge in [0.15, 0.2) is 5.65 Å². The molecule has 0 saturated carbocycles. The van der Waals surface area contributed by atoms with E-state index < -0.39 is 0 Å². The minimum absolute atomic E-state index is 0.0495. The minimum atomic E-state index is -0.135. The van der Waals surface area contributed by atoms with E-state index in [2.05, 4.69) is 38.3 Å². The standard InChI is InChI=1S/C25H27BrN6O2/c1-3-16(11-12-28-21(33)15-34-2)23-22(26)24(27)32-25(31-23)19(14-30-32)18-9-10-20(29-13-18)17-7-5-4-6-8-17/h4-10,13-14,16H,3,11-12,15,27H2,1-2H3,(H,28,33). The van der Waals surface area contributed by atoms with E-state index in [1.807, 2.05) is 48.7 Å². The summed E-state index contributed by atoms with van der Waals surface area (Å²) < 4.78 is 7.24. The summed E-state index contributed by atoms with van der Waals surface area (Å²) in [4.78, 5) is 21.3. The number of rotatable bonds is 9. The second-order valence-corrected chi connectivity index (χ2v) is 8.76. The number of pyridine rings is 1. The molecular weight excluding hydrogens is 496 g/mol. The number of benzene rings is 1. The maximum Gasteiger partial charge on any atom is 0.245 e. The van der Waals surface area contributed by atoms with Crippen LogP contribution < -0.4 is 11.1 Å². The van der Waals surface area contributed by atoms with Crippen LogP contribution in [0.15, 0.2) is 59.3 Å². The molecule has 4 rings (SSSR count). The van der Waals surface area contributed by atoms with Crippen molar-refractivity contribution in [3.63, 3.8) is 0 Å². The van der Waals surface area contributed by atoms with Crippen molar-refractivity contribution >= 4 is 33.3 Å². The monoisotopic (exact) mass is 522 g/mol. The Bertz CT molecular complexity index is 1270. The van der Waals surface area contributed by atoms with Gasteiger partial charge in [-0.15, -0.1) is 0 Å². The number of methoxy groups -OCH3 is 1. The van der Waals surface area contributed by atoms with Crippen LogP contribution in [0.25, 0.3) is 28.0 Å². The number of nitrogens with one attached hydrogen (secondary N) is 1. The molecule has 3 N–H and O–H groups in total. The third kappa shape index (κ3) is 4.95. The van der Waals surface area contributed by atoms with E-state index in [1.165, 1.54) is 7.11 Å². The van der Waals surface area contributed by atoms with Crippen molar-refractivity contribution in [2.75, 3.05) is 26.0 Å². The quantitative estimate of drug-likeness (QED) is 0.336. The number of aromatic nitrogens is 4. The number of hydrogen-bond acceptors (Lipinski definition) is 6. The van der Waals surface area contributed by atoms with Gasteiger partial charge in [-0.05, 0) is 34.8 Å². The predicted octanol–water partition coefficient (Wildman–Crippen LogP) is 4.45. The molecule has 1 unspecified atom stereocenters.